The maximum Gasteiger partial charge on any atom is 0.422 e. The Kier molecular flexibility index (Phi) is 16.2. The number of anilines is 3. The van der Waals surface area contributed by atoms with Crippen molar-refractivity contribution in [3.63, 3.8) is 0 Å². The molecule has 0 unspecified atom stereocenters. The molecular weight excluding hydrogens is 820 g/mol. The summed E-state index contributed by atoms with van der Waals surface area (Å²) in [5.41, 5.74) is -1.15. The average Bonchev–Trinajstić information content (AvgIpc) is 3.06. The lowest BCUT2D eigenvalue weighted by atomic mass is 10.1. The second kappa shape index (κ2) is 20.0. The van der Waals surface area contributed by atoms with Gasteiger partial charge in [0.15, 0.2) is 18.1 Å². The summed E-state index contributed by atoms with van der Waals surface area (Å²) in [7, 11) is -4.54. The molecule has 328 valence electrons. The van der Waals surface area contributed by atoms with E-state index in [2.05, 4.69) is 20.7 Å². The van der Waals surface area contributed by atoms with Crippen LogP contribution in [0.25, 0.3) is 0 Å². The summed E-state index contributed by atoms with van der Waals surface area (Å²) in [6, 6.07) is 13.5. The number of ether oxygens (including phenoxy) is 5. The van der Waals surface area contributed by atoms with Gasteiger partial charge in [-0.1, -0.05) is 25.4 Å². The van der Waals surface area contributed by atoms with E-state index in [1.807, 2.05) is 18.6 Å². The zero-order valence-corrected chi connectivity index (χ0v) is 37.2. The van der Waals surface area contributed by atoms with Gasteiger partial charge in [-0.3, -0.25) is 20.2 Å². The lowest BCUT2D eigenvalue weighted by Crippen LogP contribution is -2.39. The number of rotatable bonds is 15. The Balaban J connectivity index is 1.97. The number of amides is 3. The molecule has 0 aliphatic carbocycles. The second-order valence-corrected chi connectivity index (χ2v) is 18.7. The number of carbonyl (C=O) groups is 4. The van der Waals surface area contributed by atoms with Gasteiger partial charge in [-0.05, 0) is 117 Å². The van der Waals surface area contributed by atoms with Crippen LogP contribution in [0, 0.1) is 11.3 Å². The zero-order valence-electron chi connectivity index (χ0n) is 35.7. The predicted molar refractivity (Wildman–Crippen MR) is 229 cm³/mol. The van der Waals surface area contributed by atoms with Crippen molar-refractivity contribution in [2.45, 2.75) is 99.5 Å². The van der Waals surface area contributed by atoms with Crippen molar-refractivity contribution in [3.8, 4) is 11.5 Å². The summed E-state index contributed by atoms with van der Waals surface area (Å²) in [5.74, 6) is -1.29. The Hall–Kier alpha value is -5.75. The molecule has 3 amide bonds. The Morgan fingerprint density at radius 2 is 1.37 bits per heavy atom. The quantitative estimate of drug-likeness (QED) is 0.0369. The molecule has 60 heavy (non-hydrogen) atoms. The largest absolute Gasteiger partial charge is 0.489 e. The van der Waals surface area contributed by atoms with Gasteiger partial charge in [-0.2, -0.15) is 8.42 Å². The molecule has 0 aliphatic rings. The van der Waals surface area contributed by atoms with Crippen molar-refractivity contribution in [2.75, 3.05) is 28.6 Å². The SMILES string of the molecule is CC(C)COc1cc(NS(=O)(=O)NC(=O)OC(C)(C)C)cc(CNc2ccc(Cl)cc2C(=O)Nc2ccc(C(=N)NC(=O)OC(C)(C)C)cc2)c1OCC(=O)OC(C)(C)C. The van der Waals surface area contributed by atoms with Gasteiger partial charge in [0.1, 0.15) is 22.6 Å². The molecule has 0 radical (unpaired) electrons. The van der Waals surface area contributed by atoms with Crippen LogP contribution in [0.15, 0.2) is 54.6 Å². The van der Waals surface area contributed by atoms with Crippen LogP contribution < -0.4 is 34.9 Å². The molecule has 0 aliphatic heterocycles. The Bertz CT molecular complexity index is 2160. The number of benzene rings is 3. The van der Waals surface area contributed by atoms with Crippen LogP contribution in [0.3, 0.4) is 0 Å². The van der Waals surface area contributed by atoms with E-state index in [9.17, 15) is 27.6 Å². The van der Waals surface area contributed by atoms with Crippen molar-refractivity contribution in [3.05, 3.63) is 76.3 Å². The number of nitrogens with one attached hydrogen (secondary N) is 6. The fraction of sp³-hybridized carbons (Fsp3) is 0.439. The van der Waals surface area contributed by atoms with Crippen LogP contribution in [-0.4, -0.2) is 68.3 Å². The van der Waals surface area contributed by atoms with Crippen LogP contribution in [0.2, 0.25) is 5.02 Å². The van der Waals surface area contributed by atoms with Crippen LogP contribution in [0.1, 0.15) is 97.6 Å². The van der Waals surface area contributed by atoms with Gasteiger partial charge >= 0.3 is 28.4 Å². The summed E-state index contributed by atoms with van der Waals surface area (Å²) in [6.45, 7) is 18.3. The van der Waals surface area contributed by atoms with E-state index in [1.54, 1.807) is 86.6 Å². The van der Waals surface area contributed by atoms with Crippen LogP contribution >= 0.6 is 11.6 Å². The molecule has 0 heterocycles. The molecule has 0 saturated heterocycles. The van der Waals surface area contributed by atoms with Crippen molar-refractivity contribution < 1.29 is 51.3 Å². The molecule has 3 rings (SSSR count). The molecule has 0 bridgehead atoms. The van der Waals surface area contributed by atoms with E-state index < -0.39 is 57.7 Å². The van der Waals surface area contributed by atoms with Crippen molar-refractivity contribution in [2.24, 2.45) is 5.92 Å². The summed E-state index contributed by atoms with van der Waals surface area (Å²) < 4.78 is 58.0. The molecule has 0 spiro atoms. The first-order valence-electron chi connectivity index (χ1n) is 18.8. The summed E-state index contributed by atoms with van der Waals surface area (Å²) in [4.78, 5) is 50.9. The first-order valence-corrected chi connectivity index (χ1v) is 20.7. The number of hydrogen-bond acceptors (Lipinski definition) is 13. The monoisotopic (exact) mass is 874 g/mol. The minimum absolute atomic E-state index is 0.0202. The van der Waals surface area contributed by atoms with Gasteiger partial charge in [0.05, 0.1) is 17.9 Å². The minimum Gasteiger partial charge on any atom is -0.489 e. The van der Waals surface area contributed by atoms with Gasteiger partial charge in [-0.15, -0.1) is 0 Å². The molecule has 6 N–H and O–H groups in total. The molecule has 0 saturated carbocycles. The Morgan fingerprint density at radius 1 is 0.767 bits per heavy atom. The predicted octanol–water partition coefficient (Wildman–Crippen LogP) is 7.99. The number of hydrogen-bond donors (Lipinski definition) is 6. The molecule has 17 nitrogen and oxygen atoms in total. The summed E-state index contributed by atoms with van der Waals surface area (Å²) in [6.07, 6.45) is -1.99. The second-order valence-electron chi connectivity index (χ2n) is 16.8. The lowest BCUT2D eigenvalue weighted by Gasteiger charge is -2.22. The number of carbonyl (C=O) groups excluding carboxylic acids is 4. The fourth-order valence-corrected chi connectivity index (χ4v) is 5.83. The van der Waals surface area contributed by atoms with Gasteiger partial charge in [-0.25, -0.2) is 19.1 Å². The highest BCUT2D eigenvalue weighted by Gasteiger charge is 2.25. The Labute approximate surface area is 356 Å². The third-order valence-electron chi connectivity index (χ3n) is 7.08. The molecule has 3 aromatic carbocycles. The number of esters is 1. The van der Waals surface area contributed by atoms with Crippen molar-refractivity contribution in [1.29, 1.82) is 5.41 Å². The average molecular weight is 875 g/mol. The third kappa shape index (κ3) is 17.2. The van der Waals surface area contributed by atoms with Crippen LogP contribution in [0.4, 0.5) is 26.7 Å². The van der Waals surface area contributed by atoms with Gasteiger partial charge < -0.3 is 34.3 Å². The number of alkyl carbamates (subject to hydrolysis) is 1. The first kappa shape index (κ1) is 48.6. The van der Waals surface area contributed by atoms with E-state index in [0.717, 1.165) is 0 Å². The maximum absolute atomic E-state index is 13.7. The molecule has 19 heteroatoms. The highest BCUT2D eigenvalue weighted by molar-refractivity contribution is 7.91. The van der Waals surface area contributed by atoms with E-state index in [1.165, 1.54) is 30.3 Å². The van der Waals surface area contributed by atoms with Crippen molar-refractivity contribution >= 4 is 68.8 Å². The number of halogens is 1. The molecule has 3 aromatic rings. The van der Waals surface area contributed by atoms with Crippen molar-refractivity contribution in [1.82, 2.24) is 10.0 Å². The maximum atomic E-state index is 13.7. The molecule has 0 aromatic heterocycles. The number of amidine groups is 1. The molecule has 0 atom stereocenters. The smallest absolute Gasteiger partial charge is 0.422 e. The Morgan fingerprint density at radius 3 is 1.95 bits per heavy atom. The summed E-state index contributed by atoms with van der Waals surface area (Å²) in [5, 5.41) is 16.8. The van der Waals surface area contributed by atoms with Gasteiger partial charge in [0.2, 0.25) is 0 Å². The summed E-state index contributed by atoms with van der Waals surface area (Å²) >= 11 is 6.33. The van der Waals surface area contributed by atoms with E-state index in [0.29, 0.717) is 16.9 Å². The van der Waals surface area contributed by atoms with Crippen LogP contribution in [-0.2, 0) is 35.8 Å². The molecular formula is C41H55ClN6O11S. The highest BCUT2D eigenvalue weighted by atomic mass is 35.5. The van der Waals surface area contributed by atoms with E-state index in [-0.39, 0.29) is 58.2 Å². The van der Waals surface area contributed by atoms with E-state index >= 15 is 0 Å². The van der Waals surface area contributed by atoms with Crippen LogP contribution in [0.5, 0.6) is 11.5 Å². The highest BCUT2D eigenvalue weighted by Crippen LogP contribution is 2.37. The zero-order chi connectivity index (χ0) is 45.2. The third-order valence-corrected chi connectivity index (χ3v) is 8.25. The standard InChI is InChI=1S/C41H55ClN6O11S/c1-24(2)22-55-32-20-29(47-60(53,54)48-38(52)59-41(9,10)11)18-26(34(32)56-23-33(49)57-39(3,4)5)21-44-31-17-14-27(42)19-30(31)36(50)45-28-15-12-25(13-16-28)35(43)46-37(51)58-40(6,7)8/h12-20,24,44,47H,21-23H2,1-11H3,(H,45,50)(H,48,52)(H2,43,46,51). The normalized spacial score (nSPS) is 11.8. The first-order chi connectivity index (χ1) is 27.6. The van der Waals surface area contributed by atoms with Gasteiger partial charge in [0.25, 0.3) is 5.91 Å². The lowest BCUT2D eigenvalue weighted by molar-refractivity contribution is -0.157. The molecule has 0 fully saturated rings. The topological polar surface area (TPSA) is 233 Å². The van der Waals surface area contributed by atoms with Gasteiger partial charge in [0, 0.05) is 40.1 Å². The fourth-order valence-electron chi connectivity index (χ4n) is 4.91. The van der Waals surface area contributed by atoms with E-state index in [4.69, 9.17) is 40.7 Å². The minimum atomic E-state index is -4.54.